The van der Waals surface area contributed by atoms with Crippen LogP contribution < -0.4 is 5.32 Å². The van der Waals surface area contributed by atoms with E-state index in [1.54, 1.807) is 24.9 Å². The number of aromatic nitrogens is 2. The van der Waals surface area contributed by atoms with E-state index in [0.29, 0.717) is 6.54 Å². The lowest BCUT2D eigenvalue weighted by atomic mass is 10.1. The number of nitrogens with zero attached hydrogens (tertiary/aromatic N) is 3. The number of amides is 2. The molecule has 1 aliphatic heterocycles. The number of carbonyl (C=O) groups excluding carboxylic acids is 2. The number of imidazole rings is 1. The Balaban J connectivity index is 2.20. The summed E-state index contributed by atoms with van der Waals surface area (Å²) >= 11 is 0. The van der Waals surface area contributed by atoms with Crippen molar-refractivity contribution in [3.8, 4) is 0 Å². The van der Waals surface area contributed by atoms with Gasteiger partial charge in [-0.1, -0.05) is 0 Å². The number of hydrogen-bond donors (Lipinski definition) is 1. The molecule has 1 aliphatic rings. The number of rotatable bonds is 2. The van der Waals surface area contributed by atoms with Gasteiger partial charge in [-0.05, 0) is 13.8 Å². The molecule has 0 bridgehead atoms. The summed E-state index contributed by atoms with van der Waals surface area (Å²) in [6.45, 7) is 3.78. The first-order chi connectivity index (χ1) is 8.00. The van der Waals surface area contributed by atoms with E-state index in [1.807, 2.05) is 17.8 Å². The first-order valence-corrected chi connectivity index (χ1v) is 5.57. The van der Waals surface area contributed by atoms with Crippen LogP contribution in [-0.4, -0.2) is 38.3 Å². The molecule has 6 heteroatoms. The summed E-state index contributed by atoms with van der Waals surface area (Å²) in [7, 11) is 1.87. The average molecular weight is 236 g/mol. The third-order valence-corrected chi connectivity index (χ3v) is 3.09. The van der Waals surface area contributed by atoms with Gasteiger partial charge >= 0.3 is 0 Å². The van der Waals surface area contributed by atoms with Crippen LogP contribution in [0.1, 0.15) is 19.7 Å². The fourth-order valence-electron chi connectivity index (χ4n) is 1.89. The van der Waals surface area contributed by atoms with Gasteiger partial charge in [0.2, 0.25) is 11.8 Å². The Morgan fingerprint density at radius 3 is 2.71 bits per heavy atom. The zero-order valence-corrected chi connectivity index (χ0v) is 10.2. The van der Waals surface area contributed by atoms with Crippen molar-refractivity contribution in [1.29, 1.82) is 0 Å². The molecule has 1 aromatic rings. The van der Waals surface area contributed by atoms with E-state index < -0.39 is 12.1 Å². The van der Waals surface area contributed by atoms with E-state index in [2.05, 4.69) is 10.3 Å². The van der Waals surface area contributed by atoms with Crippen molar-refractivity contribution in [1.82, 2.24) is 19.8 Å². The fraction of sp³-hybridized carbons (Fsp3) is 0.545. The second kappa shape index (κ2) is 4.20. The van der Waals surface area contributed by atoms with Crippen LogP contribution in [0.5, 0.6) is 0 Å². The summed E-state index contributed by atoms with van der Waals surface area (Å²) in [5.74, 6) is 0.582. The molecule has 2 atom stereocenters. The Labute approximate surface area is 99.6 Å². The molecule has 1 fully saturated rings. The average Bonchev–Trinajstić information content (AvgIpc) is 2.68. The molecule has 2 amide bonds. The fourth-order valence-corrected chi connectivity index (χ4v) is 1.89. The van der Waals surface area contributed by atoms with Gasteiger partial charge in [-0.3, -0.25) is 9.59 Å². The third kappa shape index (κ3) is 2.02. The maximum absolute atomic E-state index is 12.0. The quantitative estimate of drug-likeness (QED) is 0.763. The van der Waals surface area contributed by atoms with Crippen LogP contribution in [0, 0.1) is 0 Å². The Morgan fingerprint density at radius 2 is 2.12 bits per heavy atom. The first kappa shape index (κ1) is 11.6. The van der Waals surface area contributed by atoms with Gasteiger partial charge in [-0.2, -0.15) is 0 Å². The van der Waals surface area contributed by atoms with Crippen LogP contribution in [0.4, 0.5) is 0 Å². The Kier molecular flexibility index (Phi) is 2.87. The van der Waals surface area contributed by atoms with Crippen molar-refractivity contribution >= 4 is 11.8 Å². The summed E-state index contributed by atoms with van der Waals surface area (Å²) in [4.78, 5) is 29.4. The number of aryl methyl sites for hydroxylation is 1. The molecule has 1 aromatic heterocycles. The van der Waals surface area contributed by atoms with Gasteiger partial charge in [0, 0.05) is 19.4 Å². The molecule has 2 heterocycles. The summed E-state index contributed by atoms with van der Waals surface area (Å²) in [5, 5.41) is 2.65. The van der Waals surface area contributed by atoms with Crippen molar-refractivity contribution in [3.05, 3.63) is 18.2 Å². The standard InChI is InChI=1S/C11H16N4O2/c1-7-11(17)15(8(2)10(16)13-7)6-9-12-4-5-14(9)3/h4-5,7-8H,6H2,1-3H3,(H,13,16). The van der Waals surface area contributed by atoms with Crippen LogP contribution in [0.25, 0.3) is 0 Å². The van der Waals surface area contributed by atoms with Gasteiger partial charge < -0.3 is 14.8 Å². The van der Waals surface area contributed by atoms with Crippen LogP contribution in [-0.2, 0) is 23.2 Å². The second-order valence-corrected chi connectivity index (χ2v) is 4.33. The summed E-state index contributed by atoms with van der Waals surface area (Å²) in [6.07, 6.45) is 3.50. The lowest BCUT2D eigenvalue weighted by molar-refractivity contribution is -0.148. The van der Waals surface area contributed by atoms with Gasteiger partial charge in [-0.25, -0.2) is 4.98 Å². The van der Waals surface area contributed by atoms with E-state index >= 15 is 0 Å². The number of piperazine rings is 1. The molecular formula is C11H16N4O2. The van der Waals surface area contributed by atoms with E-state index in [4.69, 9.17) is 0 Å². The van der Waals surface area contributed by atoms with Crippen LogP contribution in [0.3, 0.4) is 0 Å². The highest BCUT2D eigenvalue weighted by Crippen LogP contribution is 2.13. The van der Waals surface area contributed by atoms with Gasteiger partial charge in [0.25, 0.3) is 0 Å². The number of nitrogens with one attached hydrogen (secondary N) is 1. The maximum atomic E-state index is 12.0. The van der Waals surface area contributed by atoms with Crippen LogP contribution in [0.15, 0.2) is 12.4 Å². The van der Waals surface area contributed by atoms with Crippen LogP contribution >= 0.6 is 0 Å². The predicted octanol–water partition coefficient (Wildman–Crippen LogP) is -0.345. The lowest BCUT2D eigenvalue weighted by Gasteiger charge is -2.35. The predicted molar refractivity (Wildman–Crippen MR) is 60.8 cm³/mol. The SMILES string of the molecule is CC1NC(=O)C(C)N(Cc2nccn2C)C1=O. The number of carbonyl (C=O) groups is 2. The largest absolute Gasteiger partial charge is 0.343 e. The zero-order chi connectivity index (χ0) is 12.6. The minimum Gasteiger partial charge on any atom is -0.343 e. The lowest BCUT2D eigenvalue weighted by Crippen LogP contribution is -2.61. The first-order valence-electron chi connectivity index (χ1n) is 5.57. The van der Waals surface area contributed by atoms with Crippen LogP contribution in [0.2, 0.25) is 0 Å². The third-order valence-electron chi connectivity index (χ3n) is 3.09. The van der Waals surface area contributed by atoms with Gasteiger partial charge in [0.05, 0.1) is 6.54 Å². The monoisotopic (exact) mass is 236 g/mol. The molecular weight excluding hydrogens is 220 g/mol. The minimum atomic E-state index is -0.459. The molecule has 0 saturated carbocycles. The van der Waals surface area contributed by atoms with E-state index in [1.165, 1.54) is 0 Å². The molecule has 0 radical (unpaired) electrons. The molecule has 0 aromatic carbocycles. The van der Waals surface area contributed by atoms with E-state index in [0.717, 1.165) is 5.82 Å². The highest BCUT2D eigenvalue weighted by molar-refractivity contribution is 5.96. The normalized spacial score (nSPS) is 25.0. The Morgan fingerprint density at radius 1 is 1.41 bits per heavy atom. The Bertz CT molecular complexity index is 454. The zero-order valence-electron chi connectivity index (χ0n) is 10.2. The molecule has 2 unspecified atom stereocenters. The summed E-state index contributed by atoms with van der Waals surface area (Å²) in [6, 6.07) is -0.908. The molecule has 92 valence electrons. The molecule has 1 N–H and O–H groups in total. The summed E-state index contributed by atoms with van der Waals surface area (Å²) < 4.78 is 1.84. The molecule has 6 nitrogen and oxygen atoms in total. The topological polar surface area (TPSA) is 67.2 Å². The molecule has 1 saturated heterocycles. The van der Waals surface area contributed by atoms with Gasteiger partial charge in [0.1, 0.15) is 17.9 Å². The van der Waals surface area contributed by atoms with E-state index in [9.17, 15) is 9.59 Å². The minimum absolute atomic E-state index is 0.0694. The second-order valence-electron chi connectivity index (χ2n) is 4.33. The van der Waals surface area contributed by atoms with Crippen molar-refractivity contribution < 1.29 is 9.59 Å². The molecule has 0 aliphatic carbocycles. The van der Waals surface area contributed by atoms with Crippen molar-refractivity contribution in [3.63, 3.8) is 0 Å². The van der Waals surface area contributed by atoms with Crippen molar-refractivity contribution in [2.75, 3.05) is 0 Å². The van der Waals surface area contributed by atoms with Gasteiger partial charge in [-0.15, -0.1) is 0 Å². The highest BCUT2D eigenvalue weighted by atomic mass is 16.2. The molecule has 2 rings (SSSR count). The number of hydrogen-bond acceptors (Lipinski definition) is 3. The molecule has 17 heavy (non-hydrogen) atoms. The highest BCUT2D eigenvalue weighted by Gasteiger charge is 2.36. The van der Waals surface area contributed by atoms with Gasteiger partial charge in [0.15, 0.2) is 0 Å². The maximum Gasteiger partial charge on any atom is 0.245 e. The summed E-state index contributed by atoms with van der Waals surface area (Å²) in [5.41, 5.74) is 0. The van der Waals surface area contributed by atoms with Crippen molar-refractivity contribution in [2.24, 2.45) is 7.05 Å². The Hall–Kier alpha value is -1.85. The van der Waals surface area contributed by atoms with E-state index in [-0.39, 0.29) is 11.8 Å². The molecule has 0 spiro atoms. The van der Waals surface area contributed by atoms with Crippen molar-refractivity contribution in [2.45, 2.75) is 32.5 Å². The smallest absolute Gasteiger partial charge is 0.245 e.